The number of aromatic nitrogens is 2. The Labute approximate surface area is 161 Å². The van der Waals surface area contributed by atoms with Crippen molar-refractivity contribution in [2.45, 2.75) is 0 Å². The maximum atomic E-state index is 13.2. The second kappa shape index (κ2) is 6.61. The molecule has 2 heterocycles. The summed E-state index contributed by atoms with van der Waals surface area (Å²) in [5.74, 6) is -0.879. The van der Waals surface area contributed by atoms with Crippen LogP contribution >= 0.6 is 22.9 Å². The largest absolute Gasteiger partial charge is 0.390 e. The SMILES string of the molecule is Nc1scc2c(C(=O)c3ccc([18F])cc3)nn(-c3ccc(Cl)cc3)c(=O)c12. The summed E-state index contributed by atoms with van der Waals surface area (Å²) in [5, 5.41) is 7.32. The van der Waals surface area contributed by atoms with E-state index in [1.165, 1.54) is 24.3 Å². The van der Waals surface area contributed by atoms with Gasteiger partial charge in [-0.3, -0.25) is 9.59 Å². The van der Waals surface area contributed by atoms with Crippen molar-refractivity contribution in [2.24, 2.45) is 0 Å². The van der Waals surface area contributed by atoms with Gasteiger partial charge in [0, 0.05) is 21.4 Å². The van der Waals surface area contributed by atoms with Crippen LogP contribution < -0.4 is 11.3 Å². The van der Waals surface area contributed by atoms with Gasteiger partial charge in [-0.25, -0.2) is 4.39 Å². The van der Waals surface area contributed by atoms with E-state index in [4.69, 9.17) is 17.3 Å². The summed E-state index contributed by atoms with van der Waals surface area (Å²) in [6, 6.07) is 11.6. The first-order chi connectivity index (χ1) is 13.0. The van der Waals surface area contributed by atoms with E-state index in [2.05, 4.69) is 5.10 Å². The molecule has 4 rings (SSSR count). The Morgan fingerprint density at radius 3 is 2.44 bits per heavy atom. The fourth-order valence-electron chi connectivity index (χ4n) is 2.74. The molecule has 134 valence electrons. The van der Waals surface area contributed by atoms with Crippen LogP contribution in [-0.4, -0.2) is 15.6 Å². The lowest BCUT2D eigenvalue weighted by Gasteiger charge is -2.09. The van der Waals surface area contributed by atoms with Crippen molar-refractivity contribution < 1.29 is 9.18 Å². The van der Waals surface area contributed by atoms with Crippen LogP contribution in [0.15, 0.2) is 58.7 Å². The zero-order valence-corrected chi connectivity index (χ0v) is 15.2. The molecule has 0 spiro atoms. The molecule has 27 heavy (non-hydrogen) atoms. The topological polar surface area (TPSA) is 78.0 Å². The molecule has 0 unspecified atom stereocenters. The summed E-state index contributed by atoms with van der Waals surface area (Å²) < 4.78 is 14.3. The first-order valence-electron chi connectivity index (χ1n) is 7.82. The number of rotatable bonds is 3. The lowest BCUT2D eigenvalue weighted by Crippen LogP contribution is -2.24. The van der Waals surface area contributed by atoms with Crippen LogP contribution in [0.25, 0.3) is 16.5 Å². The highest BCUT2D eigenvalue weighted by molar-refractivity contribution is 7.15. The molecule has 2 aromatic heterocycles. The van der Waals surface area contributed by atoms with Gasteiger partial charge in [0.25, 0.3) is 5.56 Å². The van der Waals surface area contributed by atoms with E-state index in [1.54, 1.807) is 29.6 Å². The molecule has 0 aliphatic rings. The minimum atomic E-state index is -0.449. The minimum Gasteiger partial charge on any atom is -0.390 e. The number of anilines is 1. The standard InChI is InChI=1S/C19H11ClFN3O2S/c20-11-3-7-13(8-4-11)24-19(26)15-14(9-27-18(15)22)16(23-24)17(25)10-1-5-12(21)6-2-10/h1-9H,22H2/i21-1. The number of carbonyl (C=O) groups is 1. The lowest BCUT2D eigenvalue weighted by molar-refractivity contribution is 0.103. The normalized spacial score (nSPS) is 11.0. The van der Waals surface area contributed by atoms with Crippen LogP contribution in [-0.2, 0) is 0 Å². The van der Waals surface area contributed by atoms with Gasteiger partial charge in [-0.05, 0) is 48.5 Å². The molecule has 2 N–H and O–H groups in total. The van der Waals surface area contributed by atoms with E-state index in [9.17, 15) is 14.0 Å². The van der Waals surface area contributed by atoms with Crippen LogP contribution in [0.3, 0.4) is 0 Å². The maximum Gasteiger partial charge on any atom is 0.282 e. The smallest absolute Gasteiger partial charge is 0.282 e. The van der Waals surface area contributed by atoms with Crippen molar-refractivity contribution >= 4 is 44.5 Å². The van der Waals surface area contributed by atoms with Crippen molar-refractivity contribution in [1.82, 2.24) is 9.78 Å². The molecule has 0 saturated heterocycles. The molecule has 0 saturated carbocycles. The number of benzene rings is 2. The second-order valence-corrected chi connectivity index (χ2v) is 7.11. The van der Waals surface area contributed by atoms with Crippen molar-refractivity contribution in [3.8, 4) is 5.69 Å². The van der Waals surface area contributed by atoms with Gasteiger partial charge < -0.3 is 5.73 Å². The fraction of sp³-hybridized carbons (Fsp3) is 0. The third-order valence-electron chi connectivity index (χ3n) is 4.07. The molecule has 4 aromatic rings. The molecule has 0 amide bonds. The zero-order chi connectivity index (χ0) is 19.1. The number of halogens is 2. The molecule has 0 aliphatic heterocycles. The summed E-state index contributed by atoms with van der Waals surface area (Å²) in [5.41, 5.74) is 6.32. The number of ketones is 1. The molecule has 0 aliphatic carbocycles. The van der Waals surface area contributed by atoms with E-state index < -0.39 is 17.2 Å². The Morgan fingerprint density at radius 2 is 1.78 bits per heavy atom. The number of hydrogen-bond acceptors (Lipinski definition) is 5. The summed E-state index contributed by atoms with van der Waals surface area (Å²) in [6.07, 6.45) is 0. The summed E-state index contributed by atoms with van der Waals surface area (Å²) in [6.45, 7) is 0. The average Bonchev–Trinajstić information content (AvgIpc) is 3.05. The summed E-state index contributed by atoms with van der Waals surface area (Å²) in [4.78, 5) is 25.9. The Balaban J connectivity index is 1.99. The first kappa shape index (κ1) is 17.4. The Hall–Kier alpha value is -3.03. The molecule has 0 radical (unpaired) electrons. The van der Waals surface area contributed by atoms with Crippen LogP contribution in [0.5, 0.6) is 0 Å². The molecule has 0 bridgehead atoms. The number of thiophene rings is 1. The lowest BCUT2D eigenvalue weighted by atomic mass is 10.1. The van der Waals surface area contributed by atoms with Crippen LogP contribution in [0.2, 0.25) is 5.02 Å². The third-order valence-corrected chi connectivity index (χ3v) is 5.14. The van der Waals surface area contributed by atoms with Gasteiger partial charge in [0.05, 0.1) is 16.1 Å². The number of carbonyl (C=O) groups excluding carboxylic acids is 1. The number of nitrogens with two attached hydrogens (primary N) is 1. The van der Waals surface area contributed by atoms with Crippen molar-refractivity contribution in [1.29, 1.82) is 0 Å². The van der Waals surface area contributed by atoms with E-state index in [1.807, 2.05) is 0 Å². The fourth-order valence-corrected chi connectivity index (χ4v) is 3.65. The molecule has 0 atom stereocenters. The second-order valence-electron chi connectivity index (χ2n) is 5.77. The Bertz CT molecular complexity index is 1230. The average molecular weight is 399 g/mol. The summed E-state index contributed by atoms with van der Waals surface area (Å²) in [7, 11) is 0. The van der Waals surface area contributed by atoms with Crippen molar-refractivity contribution in [2.75, 3.05) is 5.73 Å². The van der Waals surface area contributed by atoms with E-state index >= 15 is 0 Å². The highest BCUT2D eigenvalue weighted by Crippen LogP contribution is 2.28. The number of fused-ring (bicyclic) bond motifs is 1. The van der Waals surface area contributed by atoms with Crippen LogP contribution in [0, 0.1) is 5.82 Å². The predicted molar refractivity (Wildman–Crippen MR) is 104 cm³/mol. The number of nitrogen functional groups attached to an aromatic ring is 1. The predicted octanol–water partition coefficient (Wildman–Crippen LogP) is 4.05. The molecule has 8 heteroatoms. The molecular formula is C19H11ClFN3O2S. The molecule has 0 fully saturated rings. The first-order valence-corrected chi connectivity index (χ1v) is 9.07. The highest BCUT2D eigenvalue weighted by Gasteiger charge is 2.21. The van der Waals surface area contributed by atoms with Gasteiger partial charge in [0.1, 0.15) is 11.5 Å². The van der Waals surface area contributed by atoms with E-state index in [-0.39, 0.29) is 16.6 Å². The van der Waals surface area contributed by atoms with E-state index in [0.717, 1.165) is 16.0 Å². The number of nitrogens with zero attached hydrogens (tertiary/aromatic N) is 2. The zero-order valence-electron chi connectivity index (χ0n) is 13.6. The Kier molecular flexibility index (Phi) is 4.25. The van der Waals surface area contributed by atoms with Gasteiger partial charge in [-0.2, -0.15) is 9.78 Å². The highest BCUT2D eigenvalue weighted by atomic mass is 35.5. The van der Waals surface area contributed by atoms with Crippen LogP contribution in [0.4, 0.5) is 9.39 Å². The maximum absolute atomic E-state index is 13.2. The number of hydrogen-bond donors (Lipinski definition) is 1. The monoisotopic (exact) mass is 398 g/mol. The van der Waals surface area contributed by atoms with E-state index in [0.29, 0.717) is 21.1 Å². The van der Waals surface area contributed by atoms with Gasteiger partial charge >= 0.3 is 0 Å². The van der Waals surface area contributed by atoms with Crippen LogP contribution in [0.1, 0.15) is 16.1 Å². The minimum absolute atomic E-state index is 0.0686. The Morgan fingerprint density at radius 1 is 1.11 bits per heavy atom. The quantitative estimate of drug-likeness (QED) is 0.528. The van der Waals surface area contributed by atoms with Gasteiger partial charge in [-0.15, -0.1) is 11.3 Å². The third kappa shape index (κ3) is 3.01. The van der Waals surface area contributed by atoms with Gasteiger partial charge in [-0.1, -0.05) is 11.6 Å². The van der Waals surface area contributed by atoms with Gasteiger partial charge in [0.2, 0.25) is 5.78 Å². The molecule has 2 aromatic carbocycles. The van der Waals surface area contributed by atoms with Gasteiger partial charge in [0.15, 0.2) is 0 Å². The molecular weight excluding hydrogens is 388 g/mol. The molecule has 5 nitrogen and oxygen atoms in total. The van der Waals surface area contributed by atoms with Crippen molar-refractivity contribution in [3.05, 3.63) is 86.4 Å². The summed E-state index contributed by atoms with van der Waals surface area (Å²) >= 11 is 7.06. The van der Waals surface area contributed by atoms with Crippen molar-refractivity contribution in [3.63, 3.8) is 0 Å².